The predicted octanol–water partition coefficient (Wildman–Crippen LogP) is 6.65. The van der Waals surface area contributed by atoms with Crippen molar-refractivity contribution in [2.24, 2.45) is 7.05 Å². The molecule has 0 N–H and O–H groups in total. The number of halogens is 1. The van der Waals surface area contributed by atoms with E-state index in [4.69, 9.17) is 21.4 Å². The topological polar surface area (TPSA) is 47.4 Å². The SMILES string of the molecule is Cc1cccc(Oc2c(CN(C(=O)c3ccc(Cl)cc3)C3CC3)c(-c3ccccc3)nn2C)c1. The third kappa shape index (κ3) is 4.70. The van der Waals surface area contributed by atoms with Crippen molar-refractivity contribution < 1.29 is 9.53 Å². The largest absolute Gasteiger partial charge is 0.439 e. The predicted molar refractivity (Wildman–Crippen MR) is 134 cm³/mol. The van der Waals surface area contributed by atoms with E-state index in [1.54, 1.807) is 28.9 Å². The molecule has 1 aliphatic rings. The highest BCUT2D eigenvalue weighted by molar-refractivity contribution is 6.30. The molecule has 0 atom stereocenters. The van der Waals surface area contributed by atoms with Gasteiger partial charge in [0.25, 0.3) is 5.91 Å². The maximum atomic E-state index is 13.5. The quantitative estimate of drug-likeness (QED) is 0.303. The standard InChI is InChI=1S/C28H26ClN3O2/c1-19-7-6-10-24(17-19)34-28-25(26(30-31(28)2)20-8-4-3-5-9-20)18-32(23-15-16-23)27(33)21-11-13-22(29)14-12-21/h3-14,17,23H,15-16,18H2,1-2H3. The Labute approximate surface area is 204 Å². The molecule has 1 amide bonds. The van der Waals surface area contributed by atoms with Gasteiger partial charge in [-0.1, -0.05) is 54.1 Å². The van der Waals surface area contributed by atoms with Crippen LogP contribution < -0.4 is 4.74 Å². The summed E-state index contributed by atoms with van der Waals surface area (Å²) in [6, 6.07) is 25.3. The molecular formula is C28H26ClN3O2. The van der Waals surface area contributed by atoms with E-state index in [1.807, 2.05) is 73.5 Å². The number of ether oxygens (including phenoxy) is 1. The lowest BCUT2D eigenvalue weighted by molar-refractivity contribution is 0.0729. The zero-order chi connectivity index (χ0) is 23.7. The van der Waals surface area contributed by atoms with Crippen LogP contribution in [0.25, 0.3) is 11.3 Å². The molecule has 0 saturated heterocycles. The zero-order valence-electron chi connectivity index (χ0n) is 19.2. The molecule has 172 valence electrons. The van der Waals surface area contributed by atoms with E-state index in [0.717, 1.165) is 41.0 Å². The van der Waals surface area contributed by atoms with E-state index in [0.29, 0.717) is 23.0 Å². The van der Waals surface area contributed by atoms with Gasteiger partial charge in [0.2, 0.25) is 5.88 Å². The lowest BCUT2D eigenvalue weighted by Crippen LogP contribution is -2.32. The van der Waals surface area contributed by atoms with E-state index in [-0.39, 0.29) is 11.9 Å². The first-order valence-corrected chi connectivity index (χ1v) is 11.8. The molecule has 0 bridgehead atoms. The maximum Gasteiger partial charge on any atom is 0.254 e. The van der Waals surface area contributed by atoms with Gasteiger partial charge < -0.3 is 9.64 Å². The second kappa shape index (κ2) is 9.35. The van der Waals surface area contributed by atoms with Gasteiger partial charge in [0, 0.05) is 29.2 Å². The third-order valence-electron chi connectivity index (χ3n) is 6.01. The summed E-state index contributed by atoms with van der Waals surface area (Å²) in [6.07, 6.45) is 1.99. The van der Waals surface area contributed by atoms with Crippen LogP contribution in [0.4, 0.5) is 0 Å². The average Bonchev–Trinajstić information content (AvgIpc) is 3.64. The summed E-state index contributed by atoms with van der Waals surface area (Å²) >= 11 is 6.05. The number of amides is 1. The Hall–Kier alpha value is -3.57. The number of aromatic nitrogens is 2. The van der Waals surface area contributed by atoms with Crippen LogP contribution in [0.5, 0.6) is 11.6 Å². The molecule has 6 heteroatoms. The van der Waals surface area contributed by atoms with Gasteiger partial charge in [-0.15, -0.1) is 0 Å². The number of hydrogen-bond donors (Lipinski definition) is 0. The monoisotopic (exact) mass is 471 g/mol. The third-order valence-corrected chi connectivity index (χ3v) is 6.26. The summed E-state index contributed by atoms with van der Waals surface area (Å²) < 4.78 is 8.13. The van der Waals surface area contributed by atoms with Crippen LogP contribution in [0, 0.1) is 6.92 Å². The molecule has 0 spiro atoms. The van der Waals surface area contributed by atoms with Gasteiger partial charge in [-0.3, -0.25) is 4.79 Å². The van der Waals surface area contributed by atoms with Crippen molar-refractivity contribution in [1.82, 2.24) is 14.7 Å². The molecule has 5 rings (SSSR count). The van der Waals surface area contributed by atoms with Crippen LogP contribution >= 0.6 is 11.6 Å². The van der Waals surface area contributed by atoms with Crippen LogP contribution in [0.1, 0.15) is 34.3 Å². The average molecular weight is 472 g/mol. The summed E-state index contributed by atoms with van der Waals surface area (Å²) in [5, 5.41) is 5.43. The van der Waals surface area contributed by atoms with E-state index in [9.17, 15) is 4.79 Å². The lowest BCUT2D eigenvalue weighted by atomic mass is 10.1. The molecule has 5 nitrogen and oxygen atoms in total. The Morgan fingerprint density at radius 3 is 2.47 bits per heavy atom. The number of benzene rings is 3. The first-order chi connectivity index (χ1) is 16.5. The van der Waals surface area contributed by atoms with Crippen LogP contribution in [0.3, 0.4) is 0 Å². The Bertz CT molecular complexity index is 1310. The minimum atomic E-state index is -0.0106. The minimum Gasteiger partial charge on any atom is -0.439 e. The second-order valence-corrected chi connectivity index (χ2v) is 9.15. The number of carbonyl (C=O) groups is 1. The molecule has 34 heavy (non-hydrogen) atoms. The van der Waals surface area contributed by atoms with Crippen LogP contribution in [0.2, 0.25) is 5.02 Å². The van der Waals surface area contributed by atoms with Gasteiger partial charge >= 0.3 is 0 Å². The second-order valence-electron chi connectivity index (χ2n) is 8.71. The zero-order valence-corrected chi connectivity index (χ0v) is 20.0. The molecule has 1 saturated carbocycles. The number of rotatable bonds is 7. The smallest absolute Gasteiger partial charge is 0.254 e. The number of carbonyl (C=O) groups excluding carboxylic acids is 1. The molecular weight excluding hydrogens is 446 g/mol. The normalized spacial score (nSPS) is 13.0. The van der Waals surface area contributed by atoms with Gasteiger partial charge in [-0.25, -0.2) is 4.68 Å². The highest BCUT2D eigenvalue weighted by Gasteiger charge is 2.35. The fourth-order valence-corrected chi connectivity index (χ4v) is 4.25. The van der Waals surface area contributed by atoms with Gasteiger partial charge in [0.1, 0.15) is 11.4 Å². The van der Waals surface area contributed by atoms with Gasteiger partial charge in [0.15, 0.2) is 0 Å². The molecule has 0 aliphatic heterocycles. The van der Waals surface area contributed by atoms with Crippen LogP contribution in [-0.4, -0.2) is 26.6 Å². The molecule has 1 heterocycles. The highest BCUT2D eigenvalue weighted by Crippen LogP contribution is 2.37. The van der Waals surface area contributed by atoms with Crippen LogP contribution in [-0.2, 0) is 13.6 Å². The summed E-state index contributed by atoms with van der Waals surface area (Å²) in [6.45, 7) is 2.44. The van der Waals surface area contributed by atoms with Crippen molar-refractivity contribution in [2.75, 3.05) is 0 Å². The van der Waals surface area contributed by atoms with Crippen molar-refractivity contribution in [1.29, 1.82) is 0 Å². The highest BCUT2D eigenvalue weighted by atomic mass is 35.5. The summed E-state index contributed by atoms with van der Waals surface area (Å²) in [4.78, 5) is 15.5. The van der Waals surface area contributed by atoms with Crippen molar-refractivity contribution in [3.63, 3.8) is 0 Å². The Balaban J connectivity index is 1.56. The molecule has 3 aromatic carbocycles. The Kier molecular flexibility index (Phi) is 6.12. The molecule has 4 aromatic rings. The lowest BCUT2D eigenvalue weighted by Gasteiger charge is -2.23. The summed E-state index contributed by atoms with van der Waals surface area (Å²) in [5.74, 6) is 1.37. The molecule has 1 aliphatic carbocycles. The van der Waals surface area contributed by atoms with E-state index >= 15 is 0 Å². The fourth-order valence-electron chi connectivity index (χ4n) is 4.12. The first-order valence-electron chi connectivity index (χ1n) is 11.4. The van der Waals surface area contributed by atoms with Crippen molar-refractivity contribution in [2.45, 2.75) is 32.4 Å². The molecule has 1 aromatic heterocycles. The van der Waals surface area contributed by atoms with Crippen LogP contribution in [0.15, 0.2) is 78.9 Å². The maximum absolute atomic E-state index is 13.5. The molecule has 0 unspecified atom stereocenters. The number of aryl methyl sites for hydroxylation is 2. The van der Waals surface area contributed by atoms with E-state index < -0.39 is 0 Å². The van der Waals surface area contributed by atoms with Crippen molar-refractivity contribution >= 4 is 17.5 Å². The molecule has 0 radical (unpaired) electrons. The number of nitrogens with zero attached hydrogens (tertiary/aromatic N) is 3. The van der Waals surface area contributed by atoms with E-state index in [1.165, 1.54) is 0 Å². The fraction of sp³-hybridized carbons (Fsp3) is 0.214. The van der Waals surface area contributed by atoms with E-state index in [2.05, 4.69) is 0 Å². The first kappa shape index (κ1) is 22.2. The summed E-state index contributed by atoms with van der Waals surface area (Å²) in [5.41, 5.74) is 4.44. The summed E-state index contributed by atoms with van der Waals surface area (Å²) in [7, 11) is 1.88. The van der Waals surface area contributed by atoms with Gasteiger partial charge in [0.05, 0.1) is 12.1 Å². The van der Waals surface area contributed by atoms with Gasteiger partial charge in [-0.2, -0.15) is 5.10 Å². The number of hydrogen-bond acceptors (Lipinski definition) is 3. The molecule has 1 fully saturated rings. The van der Waals surface area contributed by atoms with Crippen molar-refractivity contribution in [3.05, 3.63) is 101 Å². The van der Waals surface area contributed by atoms with Gasteiger partial charge in [-0.05, 0) is 61.7 Å². The Morgan fingerprint density at radius 1 is 1.06 bits per heavy atom. The van der Waals surface area contributed by atoms with Crippen molar-refractivity contribution in [3.8, 4) is 22.9 Å². The minimum absolute atomic E-state index is 0.0106. The Morgan fingerprint density at radius 2 is 1.79 bits per heavy atom.